The highest BCUT2D eigenvalue weighted by Gasteiger charge is 2.16. The molecule has 0 radical (unpaired) electrons. The predicted octanol–water partition coefficient (Wildman–Crippen LogP) is 4.18. The standard InChI is InChI=1S/C27H27N5O2/c1-3-31(17-20-13-15-22(16-14-20)34-19-21-9-5-4-6-10-21)18-25-28-29-27-30(2)26(33)23-11-7-8-12-24(23)32(25)27/h4-16H,3,17-19H2,1-2H3. The molecule has 5 rings (SSSR count). The Morgan fingerprint density at radius 3 is 2.35 bits per heavy atom. The first kappa shape index (κ1) is 21.9. The number of nitrogens with zero attached hydrogens (tertiary/aromatic N) is 5. The van der Waals surface area contributed by atoms with Gasteiger partial charge in [0.05, 0.1) is 17.4 Å². The zero-order chi connectivity index (χ0) is 23.5. The average Bonchev–Trinajstić information content (AvgIpc) is 3.31. The molecule has 7 nitrogen and oxygen atoms in total. The summed E-state index contributed by atoms with van der Waals surface area (Å²) in [5.41, 5.74) is 3.11. The monoisotopic (exact) mass is 453 g/mol. The second-order valence-electron chi connectivity index (χ2n) is 8.35. The van der Waals surface area contributed by atoms with E-state index < -0.39 is 0 Å². The number of fused-ring (bicyclic) bond motifs is 3. The van der Waals surface area contributed by atoms with E-state index in [0.29, 0.717) is 24.3 Å². The van der Waals surface area contributed by atoms with Crippen molar-refractivity contribution in [1.29, 1.82) is 0 Å². The summed E-state index contributed by atoms with van der Waals surface area (Å²) >= 11 is 0. The summed E-state index contributed by atoms with van der Waals surface area (Å²) in [7, 11) is 1.74. The van der Waals surface area contributed by atoms with Gasteiger partial charge in [0.25, 0.3) is 5.56 Å². The lowest BCUT2D eigenvalue weighted by atomic mass is 10.2. The summed E-state index contributed by atoms with van der Waals surface area (Å²) in [6.45, 7) is 4.93. The fourth-order valence-electron chi connectivity index (χ4n) is 4.16. The molecule has 0 unspecified atom stereocenters. The van der Waals surface area contributed by atoms with Gasteiger partial charge >= 0.3 is 0 Å². The van der Waals surface area contributed by atoms with Gasteiger partial charge in [-0.25, -0.2) is 0 Å². The molecule has 0 aliphatic carbocycles. The van der Waals surface area contributed by atoms with Crippen molar-refractivity contribution in [3.63, 3.8) is 0 Å². The van der Waals surface area contributed by atoms with E-state index in [9.17, 15) is 4.79 Å². The molecule has 0 aliphatic heterocycles. The number of aromatic nitrogens is 4. The van der Waals surface area contributed by atoms with Gasteiger partial charge in [0.15, 0.2) is 5.82 Å². The normalized spacial score (nSPS) is 11.5. The van der Waals surface area contributed by atoms with Crippen LogP contribution in [0.4, 0.5) is 0 Å². The lowest BCUT2D eigenvalue weighted by Crippen LogP contribution is -2.25. The van der Waals surface area contributed by atoms with Gasteiger partial charge < -0.3 is 4.74 Å². The molecule has 172 valence electrons. The molecule has 0 spiro atoms. The molecule has 3 aromatic carbocycles. The van der Waals surface area contributed by atoms with Crippen LogP contribution in [0.15, 0.2) is 83.7 Å². The van der Waals surface area contributed by atoms with Crippen molar-refractivity contribution in [2.45, 2.75) is 26.6 Å². The van der Waals surface area contributed by atoms with Crippen LogP contribution < -0.4 is 10.3 Å². The number of hydrogen-bond acceptors (Lipinski definition) is 5. The molecule has 0 N–H and O–H groups in total. The summed E-state index contributed by atoms with van der Waals surface area (Å²) in [6, 6.07) is 26.0. The number of hydrogen-bond donors (Lipinski definition) is 0. The Bertz CT molecular complexity index is 1470. The van der Waals surface area contributed by atoms with E-state index in [1.807, 2.05) is 59.0 Å². The minimum absolute atomic E-state index is 0.0658. The lowest BCUT2D eigenvalue weighted by Gasteiger charge is -2.20. The summed E-state index contributed by atoms with van der Waals surface area (Å²) in [4.78, 5) is 15.0. The molecule has 0 fully saturated rings. The number of rotatable bonds is 8. The van der Waals surface area contributed by atoms with Gasteiger partial charge in [0, 0.05) is 13.6 Å². The van der Waals surface area contributed by atoms with Crippen molar-refractivity contribution < 1.29 is 4.74 Å². The highest BCUT2D eigenvalue weighted by Crippen LogP contribution is 2.18. The average molecular weight is 454 g/mol. The van der Waals surface area contributed by atoms with Crippen LogP contribution in [0.1, 0.15) is 23.9 Å². The smallest absolute Gasteiger partial charge is 0.262 e. The molecule has 0 atom stereocenters. The van der Waals surface area contributed by atoms with Crippen LogP contribution in [-0.4, -0.2) is 30.6 Å². The maximum atomic E-state index is 12.7. The molecular weight excluding hydrogens is 426 g/mol. The van der Waals surface area contributed by atoms with Gasteiger partial charge in [-0.2, -0.15) is 0 Å². The van der Waals surface area contributed by atoms with Crippen molar-refractivity contribution in [3.05, 3.63) is 106 Å². The lowest BCUT2D eigenvalue weighted by molar-refractivity contribution is 0.263. The molecular formula is C27H27N5O2. The quantitative estimate of drug-likeness (QED) is 0.353. The Morgan fingerprint density at radius 2 is 1.59 bits per heavy atom. The number of ether oxygens (including phenoxy) is 1. The van der Waals surface area contributed by atoms with E-state index in [-0.39, 0.29) is 5.56 Å². The van der Waals surface area contributed by atoms with E-state index in [0.717, 1.165) is 35.7 Å². The Hall–Kier alpha value is -3.97. The van der Waals surface area contributed by atoms with Crippen molar-refractivity contribution >= 4 is 16.7 Å². The molecule has 0 aliphatic rings. The molecule has 0 bridgehead atoms. The van der Waals surface area contributed by atoms with E-state index in [4.69, 9.17) is 4.74 Å². The van der Waals surface area contributed by atoms with Crippen molar-refractivity contribution in [3.8, 4) is 5.75 Å². The largest absolute Gasteiger partial charge is 0.489 e. The van der Waals surface area contributed by atoms with Crippen LogP contribution in [-0.2, 0) is 26.7 Å². The molecule has 5 aromatic rings. The third-order valence-electron chi connectivity index (χ3n) is 6.08. The fraction of sp³-hybridized carbons (Fsp3) is 0.222. The maximum Gasteiger partial charge on any atom is 0.262 e. The fourth-order valence-corrected chi connectivity index (χ4v) is 4.16. The van der Waals surface area contributed by atoms with E-state index in [1.165, 1.54) is 5.56 Å². The summed E-state index contributed by atoms with van der Waals surface area (Å²) in [5, 5.41) is 9.41. The predicted molar refractivity (Wildman–Crippen MR) is 133 cm³/mol. The first-order chi connectivity index (χ1) is 16.6. The first-order valence-electron chi connectivity index (χ1n) is 11.4. The van der Waals surface area contributed by atoms with Crippen molar-refractivity contribution in [1.82, 2.24) is 24.1 Å². The Balaban J connectivity index is 1.33. The third kappa shape index (κ3) is 4.30. The number of aryl methyl sites for hydroxylation is 1. The first-order valence-corrected chi connectivity index (χ1v) is 11.4. The molecule has 34 heavy (non-hydrogen) atoms. The Labute approximate surface area is 197 Å². The van der Waals surface area contributed by atoms with Crippen LogP contribution in [0.25, 0.3) is 16.7 Å². The molecule has 0 amide bonds. The van der Waals surface area contributed by atoms with Gasteiger partial charge in [-0.05, 0) is 41.9 Å². The van der Waals surface area contributed by atoms with Crippen LogP contribution in [0, 0.1) is 0 Å². The molecule has 0 saturated heterocycles. The van der Waals surface area contributed by atoms with Crippen molar-refractivity contribution in [2.75, 3.05) is 6.54 Å². The Kier molecular flexibility index (Phi) is 6.10. The number of benzene rings is 3. The van der Waals surface area contributed by atoms with Gasteiger partial charge in [0.1, 0.15) is 12.4 Å². The zero-order valence-corrected chi connectivity index (χ0v) is 19.4. The minimum Gasteiger partial charge on any atom is -0.489 e. The van der Waals surface area contributed by atoms with Gasteiger partial charge in [-0.15, -0.1) is 10.2 Å². The van der Waals surface area contributed by atoms with E-state index in [1.54, 1.807) is 11.6 Å². The molecule has 0 saturated carbocycles. The summed E-state index contributed by atoms with van der Waals surface area (Å²) in [5.74, 6) is 2.22. The number of para-hydroxylation sites is 1. The highest BCUT2D eigenvalue weighted by molar-refractivity contribution is 5.80. The second-order valence-corrected chi connectivity index (χ2v) is 8.35. The third-order valence-corrected chi connectivity index (χ3v) is 6.08. The van der Waals surface area contributed by atoms with Gasteiger partial charge in [-0.1, -0.05) is 61.5 Å². The Morgan fingerprint density at radius 1 is 0.853 bits per heavy atom. The second kappa shape index (κ2) is 9.49. The van der Waals surface area contributed by atoms with E-state index >= 15 is 0 Å². The van der Waals surface area contributed by atoms with Crippen LogP contribution in [0.3, 0.4) is 0 Å². The zero-order valence-electron chi connectivity index (χ0n) is 19.4. The van der Waals surface area contributed by atoms with Crippen LogP contribution in [0.2, 0.25) is 0 Å². The minimum atomic E-state index is -0.0658. The SMILES string of the molecule is CCN(Cc1ccc(OCc2ccccc2)cc1)Cc1nnc2n(C)c(=O)c3ccccc3n12. The molecule has 2 aromatic heterocycles. The molecule has 2 heterocycles. The molecule has 7 heteroatoms. The highest BCUT2D eigenvalue weighted by atomic mass is 16.5. The van der Waals surface area contributed by atoms with Crippen LogP contribution >= 0.6 is 0 Å². The summed E-state index contributed by atoms with van der Waals surface area (Å²) < 4.78 is 9.46. The van der Waals surface area contributed by atoms with Gasteiger partial charge in [-0.3, -0.25) is 18.7 Å². The van der Waals surface area contributed by atoms with Crippen LogP contribution in [0.5, 0.6) is 5.75 Å². The van der Waals surface area contributed by atoms with Gasteiger partial charge in [0.2, 0.25) is 5.78 Å². The maximum absolute atomic E-state index is 12.7. The summed E-state index contributed by atoms with van der Waals surface area (Å²) in [6.07, 6.45) is 0. The van der Waals surface area contributed by atoms with E-state index in [2.05, 4.69) is 46.3 Å². The topological polar surface area (TPSA) is 64.7 Å². The van der Waals surface area contributed by atoms with Crippen molar-refractivity contribution in [2.24, 2.45) is 7.05 Å².